The summed E-state index contributed by atoms with van der Waals surface area (Å²) >= 11 is 0. The number of rotatable bonds is 5. The van der Waals surface area contributed by atoms with E-state index < -0.39 is 0 Å². The van der Waals surface area contributed by atoms with Crippen LogP contribution in [0.3, 0.4) is 0 Å². The van der Waals surface area contributed by atoms with Gasteiger partial charge in [-0.15, -0.1) is 0 Å². The van der Waals surface area contributed by atoms with Gasteiger partial charge < -0.3 is 10.1 Å². The summed E-state index contributed by atoms with van der Waals surface area (Å²) in [6.45, 7) is 6.71. The summed E-state index contributed by atoms with van der Waals surface area (Å²) in [6, 6.07) is 7.47. The van der Waals surface area contributed by atoms with Crippen LogP contribution < -0.4 is 10.1 Å². The van der Waals surface area contributed by atoms with E-state index in [9.17, 15) is 4.79 Å². The first-order chi connectivity index (χ1) is 7.61. The van der Waals surface area contributed by atoms with E-state index in [1.54, 1.807) is 0 Å². The lowest BCUT2D eigenvalue weighted by Crippen LogP contribution is -2.10. The van der Waals surface area contributed by atoms with Crippen LogP contribution in [-0.4, -0.2) is 12.5 Å². The van der Waals surface area contributed by atoms with Crippen molar-refractivity contribution in [2.24, 2.45) is 5.92 Å². The fourth-order valence-corrected chi connectivity index (χ4v) is 1.18. The van der Waals surface area contributed by atoms with Crippen LogP contribution in [0.25, 0.3) is 0 Å². The van der Waals surface area contributed by atoms with Crippen LogP contribution in [-0.2, 0) is 4.79 Å². The van der Waals surface area contributed by atoms with E-state index in [1.807, 2.05) is 31.2 Å². The Morgan fingerprint density at radius 2 is 2.19 bits per heavy atom. The van der Waals surface area contributed by atoms with Crippen molar-refractivity contribution in [1.82, 2.24) is 0 Å². The molecule has 1 rings (SSSR count). The van der Waals surface area contributed by atoms with Crippen molar-refractivity contribution in [2.45, 2.75) is 27.2 Å². The molecule has 1 aromatic carbocycles. The quantitative estimate of drug-likeness (QED) is 0.829. The Bertz CT molecular complexity index is 348. The third kappa shape index (κ3) is 4.34. The van der Waals surface area contributed by atoms with E-state index in [4.69, 9.17) is 4.74 Å². The highest BCUT2D eigenvalue weighted by Crippen LogP contribution is 2.18. The van der Waals surface area contributed by atoms with Gasteiger partial charge in [0.2, 0.25) is 5.91 Å². The summed E-state index contributed by atoms with van der Waals surface area (Å²) in [5.41, 5.74) is 0.785. The van der Waals surface area contributed by atoms with Gasteiger partial charge in [-0.25, -0.2) is 0 Å². The van der Waals surface area contributed by atoms with Gasteiger partial charge in [0.25, 0.3) is 0 Å². The summed E-state index contributed by atoms with van der Waals surface area (Å²) in [4.78, 5) is 11.2. The third-order valence-corrected chi connectivity index (χ3v) is 2.02. The Kier molecular flexibility index (Phi) is 4.83. The van der Waals surface area contributed by atoms with E-state index >= 15 is 0 Å². The summed E-state index contributed by atoms with van der Waals surface area (Å²) in [7, 11) is 0. The summed E-state index contributed by atoms with van der Waals surface area (Å²) < 4.78 is 5.57. The number of carbonyl (C=O) groups excluding carboxylic acids is 1. The molecule has 0 bridgehead atoms. The zero-order valence-electron chi connectivity index (χ0n) is 10.1. The van der Waals surface area contributed by atoms with Gasteiger partial charge in [0, 0.05) is 18.2 Å². The molecule has 0 spiro atoms. The van der Waals surface area contributed by atoms with Crippen molar-refractivity contribution in [3.8, 4) is 5.75 Å². The molecule has 0 atom stereocenters. The lowest BCUT2D eigenvalue weighted by molar-refractivity contribution is -0.115. The van der Waals surface area contributed by atoms with Crippen molar-refractivity contribution < 1.29 is 9.53 Å². The second-order valence-corrected chi connectivity index (χ2v) is 4.13. The van der Waals surface area contributed by atoms with E-state index in [-0.39, 0.29) is 5.91 Å². The lowest BCUT2D eigenvalue weighted by Gasteiger charge is -2.10. The summed E-state index contributed by atoms with van der Waals surface area (Å²) in [5, 5.41) is 2.80. The minimum absolute atomic E-state index is 0.0148. The molecule has 3 nitrogen and oxygen atoms in total. The van der Waals surface area contributed by atoms with Gasteiger partial charge in [0.1, 0.15) is 5.75 Å². The number of benzene rings is 1. The number of hydrogen-bond donors (Lipinski definition) is 1. The zero-order chi connectivity index (χ0) is 12.0. The SMILES string of the molecule is CCC(=O)Nc1cccc(OCC(C)C)c1. The van der Waals surface area contributed by atoms with E-state index in [2.05, 4.69) is 19.2 Å². The van der Waals surface area contributed by atoms with Crippen LogP contribution in [0.1, 0.15) is 27.2 Å². The summed E-state index contributed by atoms with van der Waals surface area (Å²) in [5.74, 6) is 1.30. The number of ether oxygens (including phenoxy) is 1. The number of nitrogens with one attached hydrogen (secondary N) is 1. The Labute approximate surface area is 96.8 Å². The molecule has 0 aliphatic heterocycles. The molecular weight excluding hydrogens is 202 g/mol. The smallest absolute Gasteiger partial charge is 0.224 e. The first-order valence-electron chi connectivity index (χ1n) is 5.64. The second kappa shape index (κ2) is 6.16. The van der Waals surface area contributed by atoms with Crippen molar-refractivity contribution >= 4 is 11.6 Å². The van der Waals surface area contributed by atoms with Gasteiger partial charge in [-0.2, -0.15) is 0 Å². The van der Waals surface area contributed by atoms with Crippen LogP contribution in [0.15, 0.2) is 24.3 Å². The number of amides is 1. The van der Waals surface area contributed by atoms with E-state index in [1.165, 1.54) is 0 Å². The molecule has 3 heteroatoms. The first kappa shape index (κ1) is 12.6. The molecule has 0 radical (unpaired) electrons. The Morgan fingerprint density at radius 3 is 2.81 bits per heavy atom. The Balaban J connectivity index is 2.60. The van der Waals surface area contributed by atoms with E-state index in [0.29, 0.717) is 18.9 Å². The second-order valence-electron chi connectivity index (χ2n) is 4.13. The monoisotopic (exact) mass is 221 g/mol. The van der Waals surface area contributed by atoms with Gasteiger partial charge in [0.05, 0.1) is 6.61 Å². The predicted octanol–water partition coefficient (Wildman–Crippen LogP) is 3.07. The maximum absolute atomic E-state index is 11.2. The lowest BCUT2D eigenvalue weighted by atomic mass is 10.2. The van der Waals surface area contributed by atoms with Gasteiger partial charge in [-0.05, 0) is 18.1 Å². The maximum Gasteiger partial charge on any atom is 0.224 e. The average Bonchev–Trinajstić information content (AvgIpc) is 2.26. The van der Waals surface area contributed by atoms with Crippen molar-refractivity contribution in [3.05, 3.63) is 24.3 Å². The predicted molar refractivity (Wildman–Crippen MR) is 65.7 cm³/mol. The van der Waals surface area contributed by atoms with Crippen LogP contribution in [0, 0.1) is 5.92 Å². The highest BCUT2D eigenvalue weighted by Gasteiger charge is 2.01. The third-order valence-electron chi connectivity index (χ3n) is 2.02. The molecule has 88 valence electrons. The molecule has 0 aromatic heterocycles. The molecule has 16 heavy (non-hydrogen) atoms. The molecule has 0 aliphatic carbocycles. The highest BCUT2D eigenvalue weighted by molar-refractivity contribution is 5.90. The molecule has 1 amide bonds. The topological polar surface area (TPSA) is 38.3 Å². The van der Waals surface area contributed by atoms with Crippen LogP contribution in [0.4, 0.5) is 5.69 Å². The standard InChI is InChI=1S/C13H19NO2/c1-4-13(15)14-11-6-5-7-12(8-11)16-9-10(2)3/h5-8,10H,4,9H2,1-3H3,(H,14,15). The Morgan fingerprint density at radius 1 is 1.44 bits per heavy atom. The molecule has 1 N–H and O–H groups in total. The number of anilines is 1. The molecule has 0 unspecified atom stereocenters. The fraction of sp³-hybridized carbons (Fsp3) is 0.462. The molecule has 0 aliphatic rings. The Hall–Kier alpha value is -1.51. The minimum Gasteiger partial charge on any atom is -0.493 e. The fourth-order valence-electron chi connectivity index (χ4n) is 1.18. The van der Waals surface area contributed by atoms with Crippen LogP contribution >= 0.6 is 0 Å². The van der Waals surface area contributed by atoms with Gasteiger partial charge in [0.15, 0.2) is 0 Å². The van der Waals surface area contributed by atoms with Crippen LogP contribution in [0.5, 0.6) is 5.75 Å². The van der Waals surface area contributed by atoms with Gasteiger partial charge >= 0.3 is 0 Å². The zero-order valence-corrected chi connectivity index (χ0v) is 10.1. The molecule has 0 saturated carbocycles. The molecule has 0 heterocycles. The largest absolute Gasteiger partial charge is 0.493 e. The highest BCUT2D eigenvalue weighted by atomic mass is 16.5. The van der Waals surface area contributed by atoms with Crippen molar-refractivity contribution in [1.29, 1.82) is 0 Å². The first-order valence-corrected chi connectivity index (χ1v) is 5.64. The molecular formula is C13H19NO2. The molecule has 0 saturated heterocycles. The van der Waals surface area contributed by atoms with E-state index in [0.717, 1.165) is 11.4 Å². The average molecular weight is 221 g/mol. The normalized spacial score (nSPS) is 10.2. The number of carbonyl (C=O) groups is 1. The number of hydrogen-bond acceptors (Lipinski definition) is 2. The van der Waals surface area contributed by atoms with Gasteiger partial charge in [-0.3, -0.25) is 4.79 Å². The van der Waals surface area contributed by atoms with Crippen molar-refractivity contribution in [3.63, 3.8) is 0 Å². The summed E-state index contributed by atoms with van der Waals surface area (Å²) in [6.07, 6.45) is 0.483. The molecule has 1 aromatic rings. The minimum atomic E-state index is 0.0148. The molecule has 0 fully saturated rings. The van der Waals surface area contributed by atoms with Gasteiger partial charge in [-0.1, -0.05) is 26.8 Å². The van der Waals surface area contributed by atoms with Crippen LogP contribution in [0.2, 0.25) is 0 Å². The van der Waals surface area contributed by atoms with Crippen molar-refractivity contribution in [2.75, 3.05) is 11.9 Å². The maximum atomic E-state index is 11.2.